The van der Waals surface area contributed by atoms with Crippen LogP contribution in [0, 0.1) is 6.20 Å². The largest absolute Gasteiger partial charge is 0.340 e. The van der Waals surface area contributed by atoms with Gasteiger partial charge in [-0.05, 0) is 35.9 Å². The van der Waals surface area contributed by atoms with Crippen molar-refractivity contribution in [1.82, 2.24) is 24.7 Å². The van der Waals surface area contributed by atoms with Gasteiger partial charge in [0.05, 0.1) is 17.9 Å². The van der Waals surface area contributed by atoms with Crippen LogP contribution >= 0.6 is 0 Å². The molecule has 0 saturated heterocycles. The summed E-state index contributed by atoms with van der Waals surface area (Å²) >= 11 is 0. The van der Waals surface area contributed by atoms with E-state index in [1.54, 1.807) is 18.6 Å². The molecule has 29 heavy (non-hydrogen) atoms. The van der Waals surface area contributed by atoms with E-state index < -0.39 is 0 Å². The van der Waals surface area contributed by atoms with Crippen molar-refractivity contribution in [2.24, 2.45) is 0 Å². The minimum absolute atomic E-state index is 0.656. The molecular weight excluding hydrogens is 360 g/mol. The molecule has 0 fully saturated rings. The summed E-state index contributed by atoms with van der Waals surface area (Å²) in [7, 11) is 0. The van der Waals surface area contributed by atoms with E-state index in [2.05, 4.69) is 38.3 Å². The Balaban J connectivity index is 1.42. The molecule has 5 rings (SSSR count). The summed E-state index contributed by atoms with van der Waals surface area (Å²) in [5.74, 6) is 1.39. The van der Waals surface area contributed by atoms with Crippen LogP contribution < -0.4 is 5.32 Å². The lowest BCUT2D eigenvalue weighted by Gasteiger charge is -2.08. The number of H-pyrrole nitrogens is 1. The molecule has 6 nitrogen and oxygen atoms in total. The molecule has 0 aliphatic heterocycles. The minimum Gasteiger partial charge on any atom is -0.340 e. The first-order chi connectivity index (χ1) is 14.3. The number of nitrogens with zero attached hydrogens (tertiary/aromatic N) is 4. The smallest absolute Gasteiger partial charge is 0.161 e. The van der Waals surface area contributed by atoms with Crippen molar-refractivity contribution in [2.45, 2.75) is 0 Å². The van der Waals surface area contributed by atoms with Gasteiger partial charge < -0.3 is 9.88 Å². The van der Waals surface area contributed by atoms with Gasteiger partial charge >= 0.3 is 0 Å². The summed E-state index contributed by atoms with van der Waals surface area (Å²) in [5.41, 5.74) is 5.06. The standard InChI is InChI=1S/C23H17N6/c1-2-29-12-10-17-3-4-18(13-21(17)29)23-24-11-9-22(28-23)27-20-7-5-16(6-8-20)19-14-25-26-15-19/h2-11,13-15H,1H2,(H,25,26)(H,24,27,28). The van der Waals surface area contributed by atoms with Crippen LogP contribution in [0.1, 0.15) is 0 Å². The maximum atomic E-state index is 4.67. The highest BCUT2D eigenvalue weighted by molar-refractivity contribution is 5.85. The number of anilines is 2. The van der Waals surface area contributed by atoms with E-state index in [4.69, 9.17) is 0 Å². The highest BCUT2D eigenvalue weighted by atomic mass is 15.1. The van der Waals surface area contributed by atoms with Crippen molar-refractivity contribution in [2.75, 3.05) is 5.32 Å². The monoisotopic (exact) mass is 377 g/mol. The Bertz CT molecular complexity index is 1280. The van der Waals surface area contributed by atoms with Gasteiger partial charge in [0.15, 0.2) is 5.82 Å². The zero-order valence-electron chi connectivity index (χ0n) is 15.5. The predicted octanol–water partition coefficient (Wildman–Crippen LogP) is 5.13. The maximum Gasteiger partial charge on any atom is 0.161 e. The second-order valence-corrected chi connectivity index (χ2v) is 6.55. The molecule has 0 bridgehead atoms. The number of aromatic nitrogens is 5. The number of hydrogen-bond acceptors (Lipinski definition) is 4. The molecule has 0 spiro atoms. The van der Waals surface area contributed by atoms with Crippen molar-refractivity contribution in [3.8, 4) is 22.5 Å². The van der Waals surface area contributed by atoms with Crippen LogP contribution in [0.4, 0.5) is 11.5 Å². The Morgan fingerprint density at radius 3 is 2.69 bits per heavy atom. The summed E-state index contributed by atoms with van der Waals surface area (Å²) in [6, 6.07) is 18.0. The van der Waals surface area contributed by atoms with Crippen molar-refractivity contribution in [3.05, 3.63) is 86.0 Å². The molecule has 0 saturated carbocycles. The van der Waals surface area contributed by atoms with Crippen LogP contribution in [-0.4, -0.2) is 24.7 Å². The second-order valence-electron chi connectivity index (χ2n) is 6.55. The van der Waals surface area contributed by atoms with Crippen LogP contribution in [0.25, 0.3) is 39.6 Å². The number of nitrogens with one attached hydrogen (secondary N) is 2. The van der Waals surface area contributed by atoms with Crippen LogP contribution in [0.5, 0.6) is 0 Å². The topological polar surface area (TPSA) is 71.4 Å². The van der Waals surface area contributed by atoms with Crippen molar-refractivity contribution in [1.29, 1.82) is 0 Å². The summed E-state index contributed by atoms with van der Waals surface area (Å²) in [6.45, 7) is 3.82. The second kappa shape index (κ2) is 7.09. The maximum absolute atomic E-state index is 4.67. The summed E-state index contributed by atoms with van der Waals surface area (Å²) in [6.07, 6.45) is 10.3. The normalized spacial score (nSPS) is 10.9. The SMILES string of the molecule is C=Cn1[c]cc2ccc(-c3nccc(Nc4ccc(-c5cn[nH]c5)cc4)n3)cc21. The molecule has 0 amide bonds. The van der Waals surface area contributed by atoms with Gasteiger partial charge in [0.25, 0.3) is 0 Å². The summed E-state index contributed by atoms with van der Waals surface area (Å²) in [4.78, 5) is 9.11. The quantitative estimate of drug-likeness (QED) is 0.445. The van der Waals surface area contributed by atoms with E-state index in [1.807, 2.05) is 65.4 Å². The fraction of sp³-hybridized carbons (Fsp3) is 0. The van der Waals surface area contributed by atoms with Crippen molar-refractivity contribution >= 4 is 28.6 Å². The van der Waals surface area contributed by atoms with Gasteiger partial charge in [0, 0.05) is 40.8 Å². The zero-order chi connectivity index (χ0) is 19.6. The van der Waals surface area contributed by atoms with Gasteiger partial charge in [-0.2, -0.15) is 5.10 Å². The summed E-state index contributed by atoms with van der Waals surface area (Å²) in [5, 5.41) is 11.3. The summed E-state index contributed by atoms with van der Waals surface area (Å²) < 4.78 is 1.86. The molecule has 0 atom stereocenters. The molecule has 2 N–H and O–H groups in total. The molecule has 6 heteroatoms. The van der Waals surface area contributed by atoms with Gasteiger partial charge in [-0.1, -0.05) is 30.8 Å². The number of benzene rings is 2. The molecule has 2 aromatic carbocycles. The highest BCUT2D eigenvalue weighted by Crippen LogP contribution is 2.25. The Hall–Kier alpha value is -4.19. The van der Waals surface area contributed by atoms with E-state index in [-0.39, 0.29) is 0 Å². The van der Waals surface area contributed by atoms with E-state index in [0.717, 1.165) is 39.1 Å². The third kappa shape index (κ3) is 3.27. The lowest BCUT2D eigenvalue weighted by atomic mass is 10.1. The van der Waals surface area contributed by atoms with E-state index >= 15 is 0 Å². The van der Waals surface area contributed by atoms with E-state index in [1.165, 1.54) is 0 Å². The Morgan fingerprint density at radius 2 is 1.90 bits per heavy atom. The third-order valence-corrected chi connectivity index (χ3v) is 4.73. The number of rotatable bonds is 5. The molecular formula is C23H17N6. The Kier molecular flexibility index (Phi) is 4.14. The van der Waals surface area contributed by atoms with Crippen LogP contribution in [-0.2, 0) is 0 Å². The van der Waals surface area contributed by atoms with Gasteiger partial charge in [0.1, 0.15) is 5.82 Å². The first-order valence-corrected chi connectivity index (χ1v) is 9.15. The van der Waals surface area contributed by atoms with E-state index in [0.29, 0.717) is 5.82 Å². The number of fused-ring (bicyclic) bond motifs is 1. The molecule has 0 aliphatic rings. The van der Waals surface area contributed by atoms with Gasteiger partial charge in [-0.15, -0.1) is 0 Å². The molecule has 0 unspecified atom stereocenters. The first kappa shape index (κ1) is 16.9. The fourth-order valence-electron chi connectivity index (χ4n) is 3.24. The highest BCUT2D eigenvalue weighted by Gasteiger charge is 2.07. The molecule has 0 aliphatic carbocycles. The molecule has 5 aromatic rings. The fourth-order valence-corrected chi connectivity index (χ4v) is 3.24. The number of aromatic amines is 1. The zero-order valence-corrected chi connectivity index (χ0v) is 15.5. The lowest BCUT2D eigenvalue weighted by Crippen LogP contribution is -1.97. The van der Waals surface area contributed by atoms with Gasteiger partial charge in [-0.25, -0.2) is 9.97 Å². The van der Waals surface area contributed by atoms with Crippen LogP contribution in [0.3, 0.4) is 0 Å². The predicted molar refractivity (Wildman–Crippen MR) is 115 cm³/mol. The third-order valence-electron chi connectivity index (χ3n) is 4.73. The Morgan fingerprint density at radius 1 is 1.03 bits per heavy atom. The van der Waals surface area contributed by atoms with Crippen molar-refractivity contribution in [3.63, 3.8) is 0 Å². The van der Waals surface area contributed by atoms with Gasteiger partial charge in [0.2, 0.25) is 0 Å². The molecule has 3 aromatic heterocycles. The first-order valence-electron chi connectivity index (χ1n) is 9.15. The van der Waals surface area contributed by atoms with E-state index in [9.17, 15) is 0 Å². The number of hydrogen-bond donors (Lipinski definition) is 2. The van der Waals surface area contributed by atoms with Crippen LogP contribution in [0.15, 0.2) is 79.8 Å². The van der Waals surface area contributed by atoms with Crippen LogP contribution in [0.2, 0.25) is 0 Å². The lowest BCUT2D eigenvalue weighted by molar-refractivity contribution is 1.09. The molecule has 3 heterocycles. The minimum atomic E-state index is 0.656. The Labute approximate surface area is 167 Å². The average molecular weight is 377 g/mol. The van der Waals surface area contributed by atoms with Gasteiger partial charge in [-0.3, -0.25) is 5.10 Å². The average Bonchev–Trinajstić information content (AvgIpc) is 3.44. The molecule has 139 valence electrons. The van der Waals surface area contributed by atoms with Crippen molar-refractivity contribution < 1.29 is 0 Å². The molecule has 1 radical (unpaired) electrons.